The first-order chi connectivity index (χ1) is 10.2. The third-order valence-electron chi connectivity index (χ3n) is 3.73. The van der Waals surface area contributed by atoms with E-state index in [2.05, 4.69) is 0 Å². The first kappa shape index (κ1) is 14.2. The van der Waals surface area contributed by atoms with Gasteiger partial charge in [-0.1, -0.05) is 60.1 Å². The van der Waals surface area contributed by atoms with Crippen LogP contribution in [0.15, 0.2) is 60.7 Å². The fourth-order valence-corrected chi connectivity index (χ4v) is 3.07. The van der Waals surface area contributed by atoms with Gasteiger partial charge in [-0.05, 0) is 23.1 Å². The van der Waals surface area contributed by atoms with Crippen molar-refractivity contribution in [1.29, 1.82) is 0 Å². The minimum absolute atomic E-state index is 0.0615. The van der Waals surface area contributed by atoms with E-state index in [4.69, 9.17) is 23.2 Å². The van der Waals surface area contributed by atoms with E-state index in [1.165, 1.54) is 0 Å². The number of hydrogen-bond donors (Lipinski definition) is 1. The van der Waals surface area contributed by atoms with Crippen LogP contribution >= 0.6 is 23.2 Å². The topological polar surface area (TPSA) is 20.2 Å². The Morgan fingerprint density at radius 3 is 2.33 bits per heavy atom. The Balaban J connectivity index is 2.12. The van der Waals surface area contributed by atoms with E-state index >= 15 is 0 Å². The summed E-state index contributed by atoms with van der Waals surface area (Å²) in [5, 5.41) is 13.1. The highest BCUT2D eigenvalue weighted by atomic mass is 35.5. The molecule has 0 aliphatic carbocycles. The summed E-state index contributed by atoms with van der Waals surface area (Å²) in [4.78, 5) is 0. The van der Waals surface area contributed by atoms with E-state index in [1.54, 1.807) is 0 Å². The van der Waals surface area contributed by atoms with Crippen molar-refractivity contribution in [2.45, 2.75) is 5.92 Å². The lowest BCUT2D eigenvalue weighted by molar-refractivity contribution is 0.473. The van der Waals surface area contributed by atoms with Gasteiger partial charge in [-0.15, -0.1) is 11.6 Å². The average Bonchev–Trinajstić information content (AvgIpc) is 2.52. The molecule has 0 bridgehead atoms. The van der Waals surface area contributed by atoms with Crippen molar-refractivity contribution < 1.29 is 5.11 Å². The number of rotatable bonds is 3. The molecule has 106 valence electrons. The molecule has 3 heteroatoms. The Bertz CT molecular complexity index is 766. The highest BCUT2D eigenvalue weighted by Gasteiger charge is 2.18. The Hall–Kier alpha value is -1.70. The number of phenols is 1. The smallest absolute Gasteiger partial charge is 0.127 e. The summed E-state index contributed by atoms with van der Waals surface area (Å²) in [6.07, 6.45) is 0. The maximum absolute atomic E-state index is 10.6. The number of aromatic hydroxyl groups is 1. The lowest BCUT2D eigenvalue weighted by Gasteiger charge is -2.17. The lowest BCUT2D eigenvalue weighted by Crippen LogP contribution is -2.03. The molecule has 1 atom stereocenters. The van der Waals surface area contributed by atoms with Crippen molar-refractivity contribution in [1.82, 2.24) is 0 Å². The van der Waals surface area contributed by atoms with Crippen molar-refractivity contribution in [3.8, 4) is 5.75 Å². The van der Waals surface area contributed by atoms with Gasteiger partial charge in [0.2, 0.25) is 0 Å². The molecule has 0 radical (unpaired) electrons. The van der Waals surface area contributed by atoms with Crippen LogP contribution in [0.4, 0.5) is 0 Å². The molecule has 3 rings (SSSR count). The highest BCUT2D eigenvalue weighted by Crippen LogP contribution is 2.37. The molecule has 3 aromatic rings. The number of phenolic OH excluding ortho intramolecular Hbond substituents is 1. The van der Waals surface area contributed by atoms with Gasteiger partial charge in [0.25, 0.3) is 0 Å². The van der Waals surface area contributed by atoms with Gasteiger partial charge in [0.15, 0.2) is 0 Å². The molecule has 0 fully saturated rings. The van der Waals surface area contributed by atoms with E-state index < -0.39 is 0 Å². The third-order valence-corrected chi connectivity index (χ3v) is 4.29. The Morgan fingerprint density at radius 2 is 1.62 bits per heavy atom. The van der Waals surface area contributed by atoms with Crippen LogP contribution in [-0.2, 0) is 0 Å². The van der Waals surface area contributed by atoms with Gasteiger partial charge in [-0.3, -0.25) is 0 Å². The van der Waals surface area contributed by atoms with Gasteiger partial charge >= 0.3 is 0 Å². The number of halogens is 2. The second-order valence-corrected chi connectivity index (χ2v) is 5.73. The second kappa shape index (κ2) is 5.97. The van der Waals surface area contributed by atoms with Gasteiger partial charge in [-0.25, -0.2) is 0 Å². The molecule has 0 aliphatic rings. The Labute approximate surface area is 133 Å². The van der Waals surface area contributed by atoms with E-state index in [0.717, 1.165) is 21.9 Å². The Kier molecular flexibility index (Phi) is 4.05. The molecular formula is C18H14Cl2O. The van der Waals surface area contributed by atoms with Crippen molar-refractivity contribution >= 4 is 34.0 Å². The van der Waals surface area contributed by atoms with Gasteiger partial charge in [0.1, 0.15) is 5.75 Å². The maximum Gasteiger partial charge on any atom is 0.127 e. The van der Waals surface area contributed by atoms with Crippen LogP contribution in [0.1, 0.15) is 17.0 Å². The summed E-state index contributed by atoms with van der Waals surface area (Å²) in [6, 6.07) is 19.3. The van der Waals surface area contributed by atoms with Gasteiger partial charge < -0.3 is 5.11 Å². The largest absolute Gasteiger partial charge is 0.507 e. The van der Waals surface area contributed by atoms with Crippen LogP contribution in [0.2, 0.25) is 5.02 Å². The molecule has 0 heterocycles. The van der Waals surface area contributed by atoms with Crippen molar-refractivity contribution in [2.24, 2.45) is 0 Å². The van der Waals surface area contributed by atoms with E-state index in [0.29, 0.717) is 16.7 Å². The molecule has 1 nitrogen and oxygen atoms in total. The lowest BCUT2D eigenvalue weighted by atomic mass is 9.90. The highest BCUT2D eigenvalue weighted by molar-refractivity contribution is 6.30. The standard InChI is InChI=1S/C18H14Cl2O/c19-11-17(13-5-8-14(20)9-6-13)16-10-7-12-3-1-2-4-15(12)18(16)21/h1-10,17,21H,11H2. The number of alkyl halides is 1. The molecule has 1 N–H and O–H groups in total. The quantitative estimate of drug-likeness (QED) is 0.626. The van der Waals surface area contributed by atoms with Crippen LogP contribution < -0.4 is 0 Å². The molecule has 3 aromatic carbocycles. The molecule has 21 heavy (non-hydrogen) atoms. The van der Waals surface area contributed by atoms with E-state index in [-0.39, 0.29) is 5.92 Å². The molecule has 0 aromatic heterocycles. The first-order valence-corrected chi connectivity index (χ1v) is 7.64. The normalized spacial score (nSPS) is 12.5. The molecule has 0 aliphatic heterocycles. The predicted octanol–water partition coefficient (Wildman–Crippen LogP) is 5.57. The SMILES string of the molecule is Oc1c(C(CCl)c2ccc(Cl)cc2)ccc2ccccc12. The number of benzene rings is 3. The summed E-state index contributed by atoms with van der Waals surface area (Å²) in [5.74, 6) is 0.635. The van der Waals surface area contributed by atoms with Gasteiger partial charge in [0, 0.05) is 27.8 Å². The molecule has 0 saturated heterocycles. The fourth-order valence-electron chi connectivity index (χ4n) is 2.60. The van der Waals surface area contributed by atoms with Crippen molar-refractivity contribution in [3.63, 3.8) is 0 Å². The zero-order chi connectivity index (χ0) is 14.8. The second-order valence-electron chi connectivity index (χ2n) is 4.98. The maximum atomic E-state index is 10.6. The zero-order valence-corrected chi connectivity index (χ0v) is 12.8. The van der Waals surface area contributed by atoms with Gasteiger partial charge in [-0.2, -0.15) is 0 Å². The average molecular weight is 317 g/mol. The van der Waals surface area contributed by atoms with Crippen LogP contribution in [0, 0.1) is 0 Å². The van der Waals surface area contributed by atoms with Crippen LogP contribution in [0.3, 0.4) is 0 Å². The minimum atomic E-state index is -0.0615. The summed E-state index contributed by atoms with van der Waals surface area (Å²) in [7, 11) is 0. The van der Waals surface area contributed by atoms with Crippen molar-refractivity contribution in [2.75, 3.05) is 5.88 Å². The molecule has 1 unspecified atom stereocenters. The summed E-state index contributed by atoms with van der Waals surface area (Å²) in [5.41, 5.74) is 1.88. The summed E-state index contributed by atoms with van der Waals surface area (Å²) in [6.45, 7) is 0. The predicted molar refractivity (Wildman–Crippen MR) is 89.6 cm³/mol. The molecule has 0 spiro atoms. The Morgan fingerprint density at radius 1 is 0.905 bits per heavy atom. The molecular weight excluding hydrogens is 303 g/mol. The van der Waals surface area contributed by atoms with Crippen LogP contribution in [0.25, 0.3) is 10.8 Å². The third kappa shape index (κ3) is 2.72. The number of hydrogen-bond acceptors (Lipinski definition) is 1. The van der Waals surface area contributed by atoms with Crippen molar-refractivity contribution in [3.05, 3.63) is 76.8 Å². The summed E-state index contributed by atoms with van der Waals surface area (Å²) < 4.78 is 0. The molecule has 0 saturated carbocycles. The number of fused-ring (bicyclic) bond motifs is 1. The first-order valence-electron chi connectivity index (χ1n) is 6.72. The zero-order valence-electron chi connectivity index (χ0n) is 11.3. The fraction of sp³-hybridized carbons (Fsp3) is 0.111. The van der Waals surface area contributed by atoms with E-state index in [1.807, 2.05) is 60.7 Å². The van der Waals surface area contributed by atoms with Crippen LogP contribution in [0.5, 0.6) is 5.75 Å². The summed E-state index contributed by atoms with van der Waals surface area (Å²) >= 11 is 12.1. The molecule has 0 amide bonds. The monoisotopic (exact) mass is 316 g/mol. The van der Waals surface area contributed by atoms with Crippen LogP contribution in [-0.4, -0.2) is 11.0 Å². The van der Waals surface area contributed by atoms with E-state index in [9.17, 15) is 5.11 Å². The van der Waals surface area contributed by atoms with Gasteiger partial charge in [0.05, 0.1) is 0 Å². The minimum Gasteiger partial charge on any atom is -0.507 e.